The highest BCUT2D eigenvalue weighted by Crippen LogP contribution is 2.17. The Morgan fingerprint density at radius 1 is 1.32 bits per heavy atom. The van der Waals surface area contributed by atoms with Crippen molar-refractivity contribution in [1.29, 1.82) is 0 Å². The molecule has 1 rings (SSSR count). The molecule has 1 amide bonds. The first kappa shape index (κ1) is 14.8. The molecule has 102 valence electrons. The summed E-state index contributed by atoms with van der Waals surface area (Å²) in [6.07, 6.45) is 3.40. The number of hydrogen-bond donors (Lipinski definition) is 1. The van der Waals surface area contributed by atoms with Crippen LogP contribution >= 0.6 is 0 Å². The zero-order chi connectivity index (χ0) is 14.3. The van der Waals surface area contributed by atoms with Gasteiger partial charge in [-0.1, -0.05) is 19.1 Å². The molecule has 1 N–H and O–H groups in total. The summed E-state index contributed by atoms with van der Waals surface area (Å²) in [6, 6.07) is 3.19. The van der Waals surface area contributed by atoms with Gasteiger partial charge in [0.25, 0.3) is 5.91 Å². The number of anilines is 1. The number of halogens is 2. The predicted molar refractivity (Wildman–Crippen MR) is 65.4 cm³/mol. The average molecular weight is 269 g/mol. The number of hydrogen-bond acceptors (Lipinski definition) is 3. The first-order valence-electron chi connectivity index (χ1n) is 5.61. The third-order valence-corrected chi connectivity index (χ3v) is 2.06. The largest absolute Gasteiger partial charge is 0.452 e. The van der Waals surface area contributed by atoms with Crippen LogP contribution in [0, 0.1) is 11.6 Å². The fourth-order valence-corrected chi connectivity index (χ4v) is 1.19. The number of amides is 1. The smallest absolute Gasteiger partial charge is 0.330 e. The molecule has 4 nitrogen and oxygen atoms in total. The van der Waals surface area contributed by atoms with Crippen LogP contribution in [-0.2, 0) is 14.3 Å². The molecule has 0 aromatic heterocycles. The number of esters is 1. The molecule has 0 heterocycles. The number of carbonyl (C=O) groups is 2. The van der Waals surface area contributed by atoms with Gasteiger partial charge in [-0.05, 0) is 18.6 Å². The van der Waals surface area contributed by atoms with Crippen molar-refractivity contribution in [2.75, 3.05) is 11.9 Å². The first-order valence-corrected chi connectivity index (χ1v) is 5.61. The van der Waals surface area contributed by atoms with Crippen molar-refractivity contribution in [2.45, 2.75) is 13.3 Å². The first-order chi connectivity index (χ1) is 9.04. The zero-order valence-electron chi connectivity index (χ0n) is 10.3. The summed E-state index contributed by atoms with van der Waals surface area (Å²) >= 11 is 0. The van der Waals surface area contributed by atoms with Crippen LogP contribution in [0.4, 0.5) is 14.5 Å². The second-order valence-electron chi connectivity index (χ2n) is 3.56. The van der Waals surface area contributed by atoms with Crippen LogP contribution in [0.25, 0.3) is 0 Å². The van der Waals surface area contributed by atoms with Crippen LogP contribution in [0.15, 0.2) is 30.4 Å². The minimum Gasteiger partial charge on any atom is -0.452 e. The molecule has 6 heteroatoms. The monoisotopic (exact) mass is 269 g/mol. The highest BCUT2D eigenvalue weighted by molar-refractivity contribution is 5.93. The van der Waals surface area contributed by atoms with Gasteiger partial charge in [0.1, 0.15) is 17.3 Å². The lowest BCUT2D eigenvalue weighted by Crippen LogP contribution is -2.21. The van der Waals surface area contributed by atoms with Crippen LogP contribution in [-0.4, -0.2) is 18.5 Å². The molecular weight excluding hydrogens is 256 g/mol. The Bertz CT molecular complexity index is 480. The number of ether oxygens (including phenoxy) is 1. The van der Waals surface area contributed by atoms with Gasteiger partial charge in [0.2, 0.25) is 0 Å². The predicted octanol–water partition coefficient (Wildman–Crippen LogP) is 2.41. The maximum Gasteiger partial charge on any atom is 0.330 e. The molecule has 0 unspecified atom stereocenters. The molecule has 0 saturated heterocycles. The molecule has 1 aromatic rings. The molecule has 0 fully saturated rings. The molecule has 0 spiro atoms. The summed E-state index contributed by atoms with van der Waals surface area (Å²) in [5.41, 5.74) is -0.562. The normalized spacial score (nSPS) is 10.5. The molecule has 19 heavy (non-hydrogen) atoms. The Kier molecular flexibility index (Phi) is 5.66. The maximum atomic E-state index is 13.2. The van der Waals surface area contributed by atoms with Crippen LogP contribution < -0.4 is 5.32 Å². The topological polar surface area (TPSA) is 55.4 Å². The fourth-order valence-electron chi connectivity index (χ4n) is 1.19. The molecule has 0 aliphatic heterocycles. The number of carbonyl (C=O) groups excluding carboxylic acids is 2. The van der Waals surface area contributed by atoms with Crippen molar-refractivity contribution in [2.24, 2.45) is 0 Å². The van der Waals surface area contributed by atoms with Crippen LogP contribution in [0.2, 0.25) is 0 Å². The van der Waals surface area contributed by atoms with E-state index in [0.717, 1.165) is 12.1 Å². The van der Waals surface area contributed by atoms with Gasteiger partial charge in [0.15, 0.2) is 6.61 Å². The van der Waals surface area contributed by atoms with E-state index < -0.39 is 35.8 Å². The molecule has 0 saturated carbocycles. The van der Waals surface area contributed by atoms with Gasteiger partial charge in [-0.3, -0.25) is 4.79 Å². The van der Waals surface area contributed by atoms with Crippen molar-refractivity contribution >= 4 is 17.6 Å². The van der Waals surface area contributed by atoms with Crippen LogP contribution in [0.1, 0.15) is 13.3 Å². The van der Waals surface area contributed by atoms with E-state index >= 15 is 0 Å². The highest BCUT2D eigenvalue weighted by Gasteiger charge is 2.12. The van der Waals surface area contributed by atoms with Gasteiger partial charge in [-0.25, -0.2) is 13.6 Å². The van der Waals surface area contributed by atoms with E-state index in [1.54, 1.807) is 6.08 Å². The van der Waals surface area contributed by atoms with E-state index in [2.05, 4.69) is 4.74 Å². The lowest BCUT2D eigenvalue weighted by molar-refractivity contribution is -0.142. The van der Waals surface area contributed by atoms with Gasteiger partial charge < -0.3 is 10.1 Å². The third kappa shape index (κ3) is 4.87. The minimum absolute atomic E-state index is 0.562. The summed E-state index contributed by atoms with van der Waals surface area (Å²) < 4.78 is 31.0. The van der Waals surface area contributed by atoms with E-state index in [-0.39, 0.29) is 0 Å². The van der Waals surface area contributed by atoms with Gasteiger partial charge in [-0.2, -0.15) is 0 Å². The number of para-hydroxylation sites is 1. The second-order valence-corrected chi connectivity index (χ2v) is 3.56. The molecule has 0 bridgehead atoms. The van der Waals surface area contributed by atoms with E-state index in [9.17, 15) is 18.4 Å². The van der Waals surface area contributed by atoms with E-state index in [4.69, 9.17) is 0 Å². The van der Waals surface area contributed by atoms with E-state index in [1.165, 1.54) is 12.1 Å². The standard InChI is InChI=1S/C13H13F2NO3/c1-2-3-7-12(18)19-8-11(17)16-13-9(14)5-4-6-10(13)15/h3-7H,2,8H2,1H3,(H,16,17)/b7-3+. The van der Waals surface area contributed by atoms with E-state index in [1.807, 2.05) is 12.2 Å². The molecule has 0 radical (unpaired) electrons. The third-order valence-electron chi connectivity index (χ3n) is 2.06. The highest BCUT2D eigenvalue weighted by atomic mass is 19.1. The number of rotatable bonds is 5. The van der Waals surface area contributed by atoms with Gasteiger partial charge in [0.05, 0.1) is 0 Å². The van der Waals surface area contributed by atoms with Crippen molar-refractivity contribution < 1.29 is 23.1 Å². The van der Waals surface area contributed by atoms with Crippen molar-refractivity contribution in [3.05, 3.63) is 42.0 Å². The Balaban J connectivity index is 2.52. The lowest BCUT2D eigenvalue weighted by atomic mass is 10.3. The van der Waals surface area contributed by atoms with Crippen LogP contribution in [0.5, 0.6) is 0 Å². The van der Waals surface area contributed by atoms with Crippen molar-refractivity contribution in [3.63, 3.8) is 0 Å². The minimum atomic E-state index is -0.898. The SMILES string of the molecule is CC/C=C/C(=O)OCC(=O)Nc1c(F)cccc1F. The molecule has 0 aliphatic carbocycles. The fraction of sp³-hybridized carbons (Fsp3) is 0.231. The summed E-state index contributed by atoms with van der Waals surface area (Å²) in [5.74, 6) is -3.30. The Morgan fingerprint density at radius 3 is 2.53 bits per heavy atom. The average Bonchev–Trinajstić information content (AvgIpc) is 2.38. The lowest BCUT2D eigenvalue weighted by Gasteiger charge is -2.07. The Morgan fingerprint density at radius 2 is 1.95 bits per heavy atom. The van der Waals surface area contributed by atoms with Gasteiger partial charge in [-0.15, -0.1) is 0 Å². The Hall–Kier alpha value is -2.24. The summed E-state index contributed by atoms with van der Waals surface area (Å²) in [7, 11) is 0. The molecular formula is C13H13F2NO3. The van der Waals surface area contributed by atoms with Gasteiger partial charge >= 0.3 is 5.97 Å². The van der Waals surface area contributed by atoms with Crippen molar-refractivity contribution in [3.8, 4) is 0 Å². The summed E-state index contributed by atoms with van der Waals surface area (Å²) in [5, 5.41) is 2.00. The van der Waals surface area contributed by atoms with Crippen LogP contribution in [0.3, 0.4) is 0 Å². The Labute approximate surface area is 109 Å². The quantitative estimate of drug-likeness (QED) is 0.659. The van der Waals surface area contributed by atoms with Crippen molar-refractivity contribution in [1.82, 2.24) is 0 Å². The number of nitrogens with one attached hydrogen (secondary N) is 1. The number of benzene rings is 1. The molecule has 1 aromatic carbocycles. The second kappa shape index (κ2) is 7.25. The summed E-state index contributed by atoms with van der Waals surface area (Å²) in [4.78, 5) is 22.4. The molecule has 0 atom stereocenters. The maximum absolute atomic E-state index is 13.2. The summed E-state index contributed by atoms with van der Waals surface area (Å²) in [6.45, 7) is 1.22. The molecule has 0 aliphatic rings. The van der Waals surface area contributed by atoms with Gasteiger partial charge in [0, 0.05) is 6.08 Å². The number of allylic oxidation sites excluding steroid dienone is 1. The van der Waals surface area contributed by atoms with E-state index in [0.29, 0.717) is 6.42 Å². The zero-order valence-corrected chi connectivity index (χ0v) is 10.3.